The summed E-state index contributed by atoms with van der Waals surface area (Å²) in [7, 11) is 0. The maximum atomic E-state index is 11.9. The molecule has 2 aromatic rings. The fraction of sp³-hybridized carbons (Fsp3) is 0.263. The molecule has 0 aromatic heterocycles. The summed E-state index contributed by atoms with van der Waals surface area (Å²) in [4.78, 5) is 11.9. The summed E-state index contributed by atoms with van der Waals surface area (Å²) in [6, 6.07) is 11.8. The monoisotopic (exact) mass is 327 g/mol. The van der Waals surface area contributed by atoms with Crippen LogP contribution < -0.4 is 4.74 Å². The van der Waals surface area contributed by atoms with Crippen molar-refractivity contribution in [2.45, 2.75) is 26.2 Å². The van der Waals surface area contributed by atoms with Crippen molar-refractivity contribution in [2.24, 2.45) is 0 Å². The minimum absolute atomic E-state index is 0.291. The van der Waals surface area contributed by atoms with Crippen LogP contribution >= 0.6 is 11.8 Å². The number of benzene rings is 2. The van der Waals surface area contributed by atoms with Crippen LogP contribution in [0.25, 0.3) is 0 Å². The second-order valence-electron chi connectivity index (χ2n) is 5.44. The predicted molar refractivity (Wildman–Crippen MR) is 97.0 cm³/mol. The Morgan fingerprint density at radius 2 is 1.91 bits per heavy atom. The Morgan fingerprint density at radius 3 is 2.52 bits per heavy atom. The largest absolute Gasteiger partial charge is 0.488 e. The molecule has 0 fully saturated rings. The van der Waals surface area contributed by atoms with E-state index in [1.807, 2.05) is 50.4 Å². The summed E-state index contributed by atoms with van der Waals surface area (Å²) in [5, 5.41) is 7.22. The second kappa shape index (κ2) is 7.97. The lowest BCUT2D eigenvalue weighted by Crippen LogP contribution is -2.08. The number of hydrogen-bond donors (Lipinski definition) is 1. The highest BCUT2D eigenvalue weighted by Crippen LogP contribution is 2.25. The van der Waals surface area contributed by atoms with Gasteiger partial charge in [0.15, 0.2) is 0 Å². The minimum Gasteiger partial charge on any atom is -0.488 e. The van der Waals surface area contributed by atoms with Gasteiger partial charge in [0.1, 0.15) is 12.4 Å². The highest BCUT2D eigenvalue weighted by Gasteiger charge is 2.12. The summed E-state index contributed by atoms with van der Waals surface area (Å²) in [6.07, 6.45) is 2.90. The summed E-state index contributed by atoms with van der Waals surface area (Å²) in [5.41, 5.74) is 4.67. The molecule has 0 saturated carbocycles. The first-order valence-electron chi connectivity index (χ1n) is 7.41. The third-order valence-electron chi connectivity index (χ3n) is 3.66. The summed E-state index contributed by atoms with van der Waals surface area (Å²) >= 11 is 1.73. The number of nitrogens with one attached hydrogen (secondary N) is 1. The van der Waals surface area contributed by atoms with Gasteiger partial charge in [0.25, 0.3) is 0 Å². The Morgan fingerprint density at radius 1 is 1.22 bits per heavy atom. The summed E-state index contributed by atoms with van der Waals surface area (Å²) in [6.45, 7) is 4.34. The van der Waals surface area contributed by atoms with Gasteiger partial charge in [-0.3, -0.25) is 4.79 Å². The fourth-order valence-electron chi connectivity index (χ4n) is 2.52. The Labute approximate surface area is 141 Å². The number of carbonyl (C=O) groups is 1. The van der Waals surface area contributed by atoms with Crippen molar-refractivity contribution in [3.8, 4) is 5.75 Å². The van der Waals surface area contributed by atoms with Crippen LogP contribution in [0.15, 0.2) is 36.4 Å². The third kappa shape index (κ3) is 4.23. The van der Waals surface area contributed by atoms with E-state index in [2.05, 4.69) is 0 Å². The number of rotatable bonds is 7. The van der Waals surface area contributed by atoms with E-state index in [1.54, 1.807) is 17.8 Å². The number of ether oxygens (including phenoxy) is 1. The Hall–Kier alpha value is -2.07. The van der Waals surface area contributed by atoms with E-state index in [0.29, 0.717) is 12.2 Å². The van der Waals surface area contributed by atoms with E-state index in [4.69, 9.17) is 10.1 Å². The molecule has 3 nitrogen and oxygen atoms in total. The molecule has 0 aliphatic heterocycles. The van der Waals surface area contributed by atoms with Crippen molar-refractivity contribution in [1.82, 2.24) is 0 Å². The SMILES string of the molecule is CSCc1ccc(C(=O)C=N)c(COc2c(C)cccc2C)c1. The number of carbonyl (C=O) groups excluding carboxylic acids is 1. The zero-order chi connectivity index (χ0) is 16.8. The topological polar surface area (TPSA) is 50.2 Å². The van der Waals surface area contributed by atoms with E-state index in [9.17, 15) is 4.79 Å². The molecule has 0 atom stereocenters. The van der Waals surface area contributed by atoms with Crippen LogP contribution in [0.2, 0.25) is 0 Å². The minimum atomic E-state index is -0.291. The molecule has 0 aliphatic rings. The van der Waals surface area contributed by atoms with E-state index >= 15 is 0 Å². The van der Waals surface area contributed by atoms with Crippen LogP contribution in [0.3, 0.4) is 0 Å². The van der Waals surface area contributed by atoms with Gasteiger partial charge in [0.05, 0.1) is 6.21 Å². The highest BCUT2D eigenvalue weighted by atomic mass is 32.2. The molecule has 2 rings (SSSR count). The first-order valence-corrected chi connectivity index (χ1v) is 8.80. The van der Waals surface area contributed by atoms with Crippen LogP contribution in [0.1, 0.15) is 32.6 Å². The standard InChI is InChI=1S/C19H21NO2S/c1-13-5-4-6-14(2)19(13)22-11-16-9-15(12-23-3)7-8-17(16)18(21)10-20/h4-10,20H,11-12H2,1-3H3. The fourth-order valence-corrected chi connectivity index (χ4v) is 3.03. The maximum Gasteiger partial charge on any atom is 0.203 e. The maximum absolute atomic E-state index is 11.9. The van der Waals surface area contributed by atoms with E-state index in [-0.39, 0.29) is 5.78 Å². The first kappa shape index (κ1) is 17.3. The van der Waals surface area contributed by atoms with Gasteiger partial charge in [0.2, 0.25) is 5.78 Å². The zero-order valence-corrected chi connectivity index (χ0v) is 14.5. The van der Waals surface area contributed by atoms with Gasteiger partial charge < -0.3 is 10.1 Å². The lowest BCUT2D eigenvalue weighted by atomic mass is 10.0. The third-order valence-corrected chi connectivity index (χ3v) is 4.28. The van der Waals surface area contributed by atoms with E-state index in [0.717, 1.165) is 40.0 Å². The number of thioether (sulfide) groups is 1. The van der Waals surface area contributed by atoms with Gasteiger partial charge in [-0.05, 0) is 36.8 Å². The van der Waals surface area contributed by atoms with Crippen molar-refractivity contribution in [2.75, 3.05) is 6.26 Å². The first-order chi connectivity index (χ1) is 11.1. The molecule has 0 saturated heterocycles. The van der Waals surface area contributed by atoms with Crippen molar-refractivity contribution in [3.05, 3.63) is 64.2 Å². The predicted octanol–water partition coefficient (Wildman–Crippen LogP) is 4.58. The van der Waals surface area contributed by atoms with Gasteiger partial charge in [-0.25, -0.2) is 0 Å². The van der Waals surface area contributed by atoms with Crippen LogP contribution in [0.5, 0.6) is 5.75 Å². The quantitative estimate of drug-likeness (QED) is 0.598. The smallest absolute Gasteiger partial charge is 0.203 e. The molecule has 0 amide bonds. The molecule has 0 unspecified atom stereocenters. The number of hydrogen-bond acceptors (Lipinski definition) is 4. The number of Topliss-reactive ketones (excluding diaryl/α,β-unsaturated/α-hetero) is 1. The molecule has 0 radical (unpaired) electrons. The molecule has 120 valence electrons. The number of para-hydroxylation sites is 1. The molecule has 2 aromatic carbocycles. The van der Waals surface area contributed by atoms with Crippen molar-refractivity contribution >= 4 is 23.8 Å². The van der Waals surface area contributed by atoms with Gasteiger partial charge in [-0.2, -0.15) is 11.8 Å². The van der Waals surface area contributed by atoms with E-state index in [1.165, 1.54) is 0 Å². The number of aryl methyl sites for hydroxylation is 2. The van der Waals surface area contributed by atoms with Crippen LogP contribution in [-0.4, -0.2) is 18.3 Å². The average molecular weight is 327 g/mol. The molecule has 4 heteroatoms. The molecule has 0 aliphatic carbocycles. The Kier molecular flexibility index (Phi) is 5.99. The molecular weight excluding hydrogens is 306 g/mol. The van der Waals surface area contributed by atoms with Crippen molar-refractivity contribution in [1.29, 1.82) is 5.41 Å². The van der Waals surface area contributed by atoms with Gasteiger partial charge in [-0.1, -0.05) is 36.4 Å². The van der Waals surface area contributed by atoms with Gasteiger partial charge in [0, 0.05) is 16.9 Å². The lowest BCUT2D eigenvalue weighted by Gasteiger charge is -2.14. The molecular formula is C19H21NO2S. The van der Waals surface area contributed by atoms with Gasteiger partial charge in [-0.15, -0.1) is 0 Å². The molecule has 0 bridgehead atoms. The average Bonchev–Trinajstić information content (AvgIpc) is 2.54. The molecule has 0 spiro atoms. The molecule has 1 N–H and O–H groups in total. The van der Waals surface area contributed by atoms with Crippen LogP contribution in [-0.2, 0) is 12.4 Å². The van der Waals surface area contributed by atoms with Crippen molar-refractivity contribution in [3.63, 3.8) is 0 Å². The summed E-state index contributed by atoms with van der Waals surface area (Å²) < 4.78 is 5.99. The Balaban J connectivity index is 2.31. The molecule has 23 heavy (non-hydrogen) atoms. The van der Waals surface area contributed by atoms with Crippen molar-refractivity contribution < 1.29 is 9.53 Å². The molecule has 0 heterocycles. The van der Waals surface area contributed by atoms with Crippen LogP contribution in [0, 0.1) is 19.3 Å². The lowest BCUT2D eigenvalue weighted by molar-refractivity contribution is 0.106. The normalized spacial score (nSPS) is 10.4. The summed E-state index contributed by atoms with van der Waals surface area (Å²) in [5.74, 6) is 1.45. The highest BCUT2D eigenvalue weighted by molar-refractivity contribution is 7.97. The number of ketones is 1. The van der Waals surface area contributed by atoms with Gasteiger partial charge >= 0.3 is 0 Å². The van der Waals surface area contributed by atoms with E-state index < -0.39 is 0 Å². The second-order valence-corrected chi connectivity index (χ2v) is 6.31. The Bertz CT molecular complexity index is 705. The van der Waals surface area contributed by atoms with Crippen LogP contribution in [0.4, 0.5) is 0 Å². The zero-order valence-electron chi connectivity index (χ0n) is 13.7.